The van der Waals surface area contributed by atoms with Crippen LogP contribution in [0.4, 0.5) is 0 Å². The van der Waals surface area contributed by atoms with E-state index in [9.17, 15) is 0 Å². The summed E-state index contributed by atoms with van der Waals surface area (Å²) in [4.78, 5) is 4.24. The number of hydrogen-bond acceptors (Lipinski definition) is 2. The van der Waals surface area contributed by atoms with Crippen LogP contribution < -0.4 is 11.1 Å². The van der Waals surface area contributed by atoms with Crippen LogP contribution >= 0.6 is 0 Å². The first kappa shape index (κ1) is 10.3. The quantitative estimate of drug-likeness (QED) is 0.433. The monoisotopic (exact) mass is 185 g/mol. The van der Waals surface area contributed by atoms with Crippen molar-refractivity contribution in [3.63, 3.8) is 0 Å². The van der Waals surface area contributed by atoms with E-state index in [4.69, 9.17) is 10.8 Å². The number of nitrogens with one attached hydrogen (secondary N) is 1. The Hall–Kier alpha value is -0.770. The van der Waals surface area contributed by atoms with Crippen LogP contribution in [0.2, 0.25) is 0 Å². The molecule has 0 aromatic heterocycles. The Labute approximate surface area is 79.2 Å². The van der Waals surface area contributed by atoms with Crippen molar-refractivity contribution in [2.75, 3.05) is 6.61 Å². The standard InChI is InChI=1S/C9H19N3O/c1-3-9(2,6-13)12-8(10)11-7-4-5-7/h7,13H,3-6H2,1-2H3,(H3,10,11,12). The van der Waals surface area contributed by atoms with Crippen LogP contribution in [-0.4, -0.2) is 29.3 Å². The van der Waals surface area contributed by atoms with Crippen molar-refractivity contribution in [2.24, 2.45) is 10.7 Å². The predicted molar refractivity (Wildman–Crippen MR) is 53.6 cm³/mol. The van der Waals surface area contributed by atoms with Crippen LogP contribution in [0.15, 0.2) is 4.99 Å². The summed E-state index contributed by atoms with van der Waals surface area (Å²) in [6, 6.07) is 0.423. The van der Waals surface area contributed by atoms with Gasteiger partial charge in [0, 0.05) is 0 Å². The Morgan fingerprint density at radius 1 is 1.69 bits per heavy atom. The zero-order valence-electron chi connectivity index (χ0n) is 8.38. The summed E-state index contributed by atoms with van der Waals surface area (Å²) in [5, 5.41) is 12.2. The summed E-state index contributed by atoms with van der Waals surface area (Å²) in [5.74, 6) is 0.459. The van der Waals surface area contributed by atoms with Gasteiger partial charge < -0.3 is 16.2 Å². The number of nitrogens with two attached hydrogens (primary N) is 1. The van der Waals surface area contributed by atoms with Gasteiger partial charge in [0.1, 0.15) is 0 Å². The minimum atomic E-state index is -0.331. The van der Waals surface area contributed by atoms with E-state index in [2.05, 4.69) is 10.3 Å². The van der Waals surface area contributed by atoms with Crippen LogP contribution in [0.3, 0.4) is 0 Å². The SMILES string of the molecule is CCC(C)(CO)NC(N)=NC1CC1. The van der Waals surface area contributed by atoms with E-state index < -0.39 is 0 Å². The maximum Gasteiger partial charge on any atom is 0.189 e. The third kappa shape index (κ3) is 3.22. The molecule has 0 bridgehead atoms. The van der Waals surface area contributed by atoms with E-state index in [1.807, 2.05) is 13.8 Å². The fraction of sp³-hybridized carbons (Fsp3) is 0.889. The van der Waals surface area contributed by atoms with Gasteiger partial charge in [-0.15, -0.1) is 0 Å². The van der Waals surface area contributed by atoms with Gasteiger partial charge in [0.05, 0.1) is 18.2 Å². The fourth-order valence-corrected chi connectivity index (χ4v) is 0.982. The predicted octanol–water partition coefficient (Wildman–Crippen LogP) is 0.214. The van der Waals surface area contributed by atoms with Crippen molar-refractivity contribution < 1.29 is 5.11 Å². The molecule has 0 aromatic rings. The van der Waals surface area contributed by atoms with Crippen molar-refractivity contribution in [2.45, 2.75) is 44.7 Å². The molecule has 1 saturated carbocycles. The van der Waals surface area contributed by atoms with E-state index in [0.717, 1.165) is 19.3 Å². The Kier molecular flexibility index (Phi) is 3.14. The van der Waals surface area contributed by atoms with Crippen LogP contribution in [-0.2, 0) is 0 Å². The lowest BCUT2D eigenvalue weighted by Crippen LogP contribution is -2.51. The van der Waals surface area contributed by atoms with Crippen molar-refractivity contribution in [1.82, 2.24) is 5.32 Å². The zero-order chi connectivity index (χ0) is 9.90. The number of aliphatic imine (C=N–C) groups is 1. The van der Waals surface area contributed by atoms with Crippen molar-refractivity contribution in [1.29, 1.82) is 0 Å². The average Bonchev–Trinajstić information content (AvgIpc) is 2.88. The van der Waals surface area contributed by atoms with Crippen LogP contribution in [0, 0.1) is 0 Å². The highest BCUT2D eigenvalue weighted by molar-refractivity contribution is 5.79. The lowest BCUT2D eigenvalue weighted by molar-refractivity contribution is 0.188. The summed E-state index contributed by atoms with van der Waals surface area (Å²) in [5.41, 5.74) is 5.35. The summed E-state index contributed by atoms with van der Waals surface area (Å²) in [7, 11) is 0. The lowest BCUT2D eigenvalue weighted by atomic mass is 10.0. The molecule has 4 nitrogen and oxygen atoms in total. The molecule has 4 N–H and O–H groups in total. The second-order valence-electron chi connectivity index (χ2n) is 3.94. The number of hydrogen-bond donors (Lipinski definition) is 3. The zero-order valence-corrected chi connectivity index (χ0v) is 8.38. The van der Waals surface area contributed by atoms with Gasteiger partial charge in [0.15, 0.2) is 5.96 Å². The fourth-order valence-electron chi connectivity index (χ4n) is 0.982. The van der Waals surface area contributed by atoms with Gasteiger partial charge in [0.25, 0.3) is 0 Å². The van der Waals surface area contributed by atoms with Crippen LogP contribution in [0.25, 0.3) is 0 Å². The summed E-state index contributed by atoms with van der Waals surface area (Å²) in [6.07, 6.45) is 3.11. The van der Waals surface area contributed by atoms with Gasteiger partial charge in [-0.3, -0.25) is 4.99 Å². The highest BCUT2D eigenvalue weighted by Gasteiger charge is 2.24. The molecule has 76 valence electrons. The van der Waals surface area contributed by atoms with E-state index in [1.54, 1.807) is 0 Å². The van der Waals surface area contributed by atoms with Gasteiger partial charge in [-0.2, -0.15) is 0 Å². The molecule has 1 fully saturated rings. The van der Waals surface area contributed by atoms with E-state index in [-0.39, 0.29) is 12.1 Å². The lowest BCUT2D eigenvalue weighted by Gasteiger charge is -2.27. The molecule has 4 heteroatoms. The molecule has 0 amide bonds. The Bertz CT molecular complexity index is 195. The van der Waals surface area contributed by atoms with Gasteiger partial charge >= 0.3 is 0 Å². The first-order chi connectivity index (χ1) is 6.09. The average molecular weight is 185 g/mol. The molecule has 1 aliphatic carbocycles. The molecule has 1 atom stereocenters. The molecule has 0 aliphatic heterocycles. The normalized spacial score (nSPS) is 22.5. The number of rotatable bonds is 4. The number of aliphatic hydroxyl groups is 1. The van der Waals surface area contributed by atoms with Crippen LogP contribution in [0.1, 0.15) is 33.1 Å². The Morgan fingerprint density at radius 3 is 2.69 bits per heavy atom. The third-order valence-corrected chi connectivity index (χ3v) is 2.43. The molecular weight excluding hydrogens is 166 g/mol. The van der Waals surface area contributed by atoms with Gasteiger partial charge in [0.2, 0.25) is 0 Å². The van der Waals surface area contributed by atoms with E-state index in [0.29, 0.717) is 12.0 Å². The van der Waals surface area contributed by atoms with Crippen molar-refractivity contribution in [3.8, 4) is 0 Å². The minimum Gasteiger partial charge on any atom is -0.394 e. The van der Waals surface area contributed by atoms with Crippen molar-refractivity contribution in [3.05, 3.63) is 0 Å². The third-order valence-electron chi connectivity index (χ3n) is 2.43. The van der Waals surface area contributed by atoms with Gasteiger partial charge in [-0.1, -0.05) is 6.92 Å². The van der Waals surface area contributed by atoms with Crippen molar-refractivity contribution >= 4 is 5.96 Å². The molecule has 1 rings (SSSR count). The first-order valence-electron chi connectivity index (χ1n) is 4.82. The topological polar surface area (TPSA) is 70.6 Å². The second-order valence-corrected chi connectivity index (χ2v) is 3.94. The molecule has 0 aromatic carbocycles. The maximum absolute atomic E-state index is 9.11. The summed E-state index contributed by atoms with van der Waals surface area (Å²) >= 11 is 0. The number of nitrogens with zero attached hydrogens (tertiary/aromatic N) is 1. The Balaban J connectivity index is 2.44. The highest BCUT2D eigenvalue weighted by Crippen LogP contribution is 2.23. The van der Waals surface area contributed by atoms with Gasteiger partial charge in [-0.25, -0.2) is 0 Å². The number of guanidine groups is 1. The molecule has 0 heterocycles. The minimum absolute atomic E-state index is 0.0738. The molecular formula is C9H19N3O. The molecule has 0 spiro atoms. The molecule has 1 unspecified atom stereocenters. The maximum atomic E-state index is 9.11. The summed E-state index contributed by atoms with van der Waals surface area (Å²) < 4.78 is 0. The molecule has 0 radical (unpaired) electrons. The molecule has 13 heavy (non-hydrogen) atoms. The number of aliphatic hydroxyl groups excluding tert-OH is 1. The largest absolute Gasteiger partial charge is 0.394 e. The highest BCUT2D eigenvalue weighted by atomic mass is 16.3. The summed E-state index contributed by atoms with van der Waals surface area (Å²) in [6.45, 7) is 4.01. The second kappa shape index (κ2) is 3.96. The Morgan fingerprint density at radius 2 is 2.31 bits per heavy atom. The van der Waals surface area contributed by atoms with E-state index in [1.165, 1.54) is 0 Å². The van der Waals surface area contributed by atoms with Crippen LogP contribution in [0.5, 0.6) is 0 Å². The van der Waals surface area contributed by atoms with Gasteiger partial charge in [-0.05, 0) is 26.2 Å². The first-order valence-corrected chi connectivity index (χ1v) is 4.82. The van der Waals surface area contributed by atoms with E-state index >= 15 is 0 Å². The smallest absolute Gasteiger partial charge is 0.189 e. The molecule has 0 saturated heterocycles. The molecule has 1 aliphatic rings.